The van der Waals surface area contributed by atoms with Gasteiger partial charge in [0.1, 0.15) is 0 Å². The third-order valence-electron chi connectivity index (χ3n) is 5.89. The molecule has 3 nitrogen and oxygen atoms in total. The molecule has 0 spiro atoms. The fourth-order valence-electron chi connectivity index (χ4n) is 4.47. The highest BCUT2D eigenvalue weighted by Crippen LogP contribution is 2.28. The molecule has 0 radical (unpaired) electrons. The summed E-state index contributed by atoms with van der Waals surface area (Å²) in [4.78, 5) is 6.22. The van der Waals surface area contributed by atoms with Crippen LogP contribution in [0.5, 0.6) is 0 Å². The van der Waals surface area contributed by atoms with Crippen LogP contribution in [0, 0.1) is 0 Å². The Morgan fingerprint density at radius 3 is 2.88 bits per heavy atom. The van der Waals surface area contributed by atoms with Crippen LogP contribution in [-0.2, 0) is 19.3 Å². The van der Waals surface area contributed by atoms with Gasteiger partial charge in [0.05, 0.1) is 0 Å². The summed E-state index contributed by atoms with van der Waals surface area (Å²) in [7, 11) is 0. The lowest BCUT2D eigenvalue weighted by Gasteiger charge is -2.35. The van der Waals surface area contributed by atoms with E-state index in [0.717, 1.165) is 38.0 Å². The van der Waals surface area contributed by atoms with Crippen LogP contribution in [0.1, 0.15) is 36.6 Å². The van der Waals surface area contributed by atoms with Crippen molar-refractivity contribution >= 4 is 16.6 Å². The molecule has 4 rings (SSSR count). The summed E-state index contributed by atoms with van der Waals surface area (Å²) >= 11 is 0. The number of aryl methyl sites for hydroxylation is 1. The largest absolute Gasteiger partial charge is 0.398 e. The van der Waals surface area contributed by atoms with Crippen molar-refractivity contribution < 1.29 is 0 Å². The predicted octanol–water partition coefficient (Wildman–Crippen LogP) is 4.56. The molecule has 3 heteroatoms. The highest BCUT2D eigenvalue weighted by atomic mass is 15.1. The summed E-state index contributed by atoms with van der Waals surface area (Å²) < 4.78 is 0. The van der Waals surface area contributed by atoms with Crippen LogP contribution in [0.2, 0.25) is 0 Å². The van der Waals surface area contributed by atoms with E-state index < -0.39 is 0 Å². The quantitative estimate of drug-likeness (QED) is 0.642. The number of H-pyrrole nitrogens is 1. The van der Waals surface area contributed by atoms with Crippen molar-refractivity contribution in [3.63, 3.8) is 0 Å². The van der Waals surface area contributed by atoms with E-state index in [-0.39, 0.29) is 0 Å². The van der Waals surface area contributed by atoms with Gasteiger partial charge in [-0.1, -0.05) is 37.3 Å². The second-order valence-corrected chi connectivity index (χ2v) is 7.50. The molecule has 3 N–H and O–H groups in total. The zero-order valence-corrected chi connectivity index (χ0v) is 15.7. The number of nitrogens with two attached hydrogens (primary N) is 1. The Bertz CT molecular complexity index is 847. The topological polar surface area (TPSA) is 45.0 Å². The van der Waals surface area contributed by atoms with Crippen molar-refractivity contribution in [1.29, 1.82) is 0 Å². The maximum atomic E-state index is 6.15. The number of fused-ring (bicyclic) bond motifs is 2. The minimum atomic E-state index is 0.650. The minimum Gasteiger partial charge on any atom is -0.398 e. The molecule has 0 fully saturated rings. The average molecular weight is 348 g/mol. The Hall–Kier alpha value is -2.26. The predicted molar refractivity (Wildman–Crippen MR) is 111 cm³/mol. The lowest BCUT2D eigenvalue weighted by Crippen LogP contribution is -2.40. The molecule has 0 bridgehead atoms. The van der Waals surface area contributed by atoms with Crippen molar-refractivity contribution in [2.24, 2.45) is 0 Å². The molecule has 1 aromatic heterocycles. The second kappa shape index (κ2) is 7.55. The monoisotopic (exact) mass is 347 g/mol. The van der Waals surface area contributed by atoms with E-state index >= 15 is 0 Å². The molecule has 1 aliphatic carbocycles. The number of benzene rings is 2. The molecular formula is C23H29N3. The van der Waals surface area contributed by atoms with Crippen molar-refractivity contribution in [2.75, 3.05) is 18.8 Å². The van der Waals surface area contributed by atoms with E-state index in [1.165, 1.54) is 40.6 Å². The summed E-state index contributed by atoms with van der Waals surface area (Å²) in [5.74, 6) is 0. The van der Waals surface area contributed by atoms with E-state index in [1.807, 2.05) is 6.07 Å². The first-order chi connectivity index (χ1) is 12.7. The fourth-order valence-corrected chi connectivity index (χ4v) is 4.47. The Morgan fingerprint density at radius 1 is 1.15 bits per heavy atom. The van der Waals surface area contributed by atoms with Gasteiger partial charge in [-0.2, -0.15) is 0 Å². The number of likely N-dealkylation sites (N-methyl/N-ethyl adjacent to an activating group) is 1. The van der Waals surface area contributed by atoms with Crippen molar-refractivity contribution in [3.8, 4) is 0 Å². The van der Waals surface area contributed by atoms with E-state index in [1.54, 1.807) is 0 Å². The summed E-state index contributed by atoms with van der Waals surface area (Å²) in [5, 5.41) is 1.32. The van der Waals surface area contributed by atoms with Crippen molar-refractivity contribution in [3.05, 3.63) is 65.4 Å². The van der Waals surface area contributed by atoms with Crippen LogP contribution in [0.4, 0.5) is 5.69 Å². The molecular weight excluding hydrogens is 318 g/mol. The Morgan fingerprint density at radius 2 is 2.04 bits per heavy atom. The zero-order valence-electron chi connectivity index (χ0n) is 15.7. The molecule has 0 amide bonds. The molecule has 1 unspecified atom stereocenters. The fraction of sp³-hybridized carbons (Fsp3) is 0.391. The van der Waals surface area contributed by atoms with Crippen LogP contribution in [-0.4, -0.2) is 29.0 Å². The molecule has 0 saturated heterocycles. The first-order valence-electron chi connectivity index (χ1n) is 9.91. The lowest BCUT2D eigenvalue weighted by molar-refractivity contribution is 0.187. The van der Waals surface area contributed by atoms with Crippen molar-refractivity contribution in [2.45, 2.75) is 45.1 Å². The molecule has 0 saturated carbocycles. The van der Waals surface area contributed by atoms with Gasteiger partial charge in [-0.25, -0.2) is 0 Å². The van der Waals surface area contributed by atoms with Crippen molar-refractivity contribution in [1.82, 2.24) is 9.88 Å². The average Bonchev–Trinajstić information content (AvgIpc) is 3.08. The van der Waals surface area contributed by atoms with Gasteiger partial charge in [0, 0.05) is 22.9 Å². The van der Waals surface area contributed by atoms with Crippen LogP contribution in [0.25, 0.3) is 10.9 Å². The summed E-state index contributed by atoms with van der Waals surface area (Å²) in [6.45, 7) is 4.57. The van der Waals surface area contributed by atoms with Gasteiger partial charge in [0.2, 0.25) is 0 Å². The van der Waals surface area contributed by atoms with Gasteiger partial charge in [0.25, 0.3) is 0 Å². The van der Waals surface area contributed by atoms with Gasteiger partial charge in [-0.05, 0) is 79.9 Å². The number of aromatic amines is 1. The summed E-state index contributed by atoms with van der Waals surface area (Å²) in [6.07, 6.45) is 5.79. The number of nitrogens with one attached hydrogen (secondary N) is 1. The third-order valence-corrected chi connectivity index (χ3v) is 5.89. The molecule has 1 atom stereocenters. The number of para-hydroxylation sites is 1. The smallest absolute Gasteiger partial charge is 0.0456 e. The number of rotatable bonds is 6. The Kier molecular flexibility index (Phi) is 4.98. The third kappa shape index (κ3) is 3.49. The van der Waals surface area contributed by atoms with Crippen LogP contribution >= 0.6 is 0 Å². The first-order valence-corrected chi connectivity index (χ1v) is 9.91. The van der Waals surface area contributed by atoms with Crippen LogP contribution < -0.4 is 5.73 Å². The van der Waals surface area contributed by atoms with Gasteiger partial charge < -0.3 is 15.6 Å². The molecule has 26 heavy (non-hydrogen) atoms. The first kappa shape index (κ1) is 17.2. The Labute approximate surface area is 156 Å². The molecule has 1 aliphatic rings. The van der Waals surface area contributed by atoms with E-state index in [9.17, 15) is 0 Å². The summed E-state index contributed by atoms with van der Waals surface area (Å²) in [5.41, 5.74) is 12.6. The molecule has 2 aromatic carbocycles. The summed E-state index contributed by atoms with van der Waals surface area (Å²) in [6, 6.07) is 17.9. The maximum Gasteiger partial charge on any atom is 0.0456 e. The number of hydrogen-bond acceptors (Lipinski definition) is 2. The number of hydrogen-bond donors (Lipinski definition) is 2. The maximum absolute atomic E-state index is 6.15. The van der Waals surface area contributed by atoms with Gasteiger partial charge in [-0.3, -0.25) is 0 Å². The van der Waals surface area contributed by atoms with Crippen LogP contribution in [0.3, 0.4) is 0 Å². The Balaban J connectivity index is 1.36. The van der Waals surface area contributed by atoms with E-state index in [4.69, 9.17) is 5.73 Å². The van der Waals surface area contributed by atoms with E-state index in [2.05, 4.69) is 59.3 Å². The molecule has 0 aliphatic heterocycles. The second-order valence-electron chi connectivity index (χ2n) is 7.50. The number of anilines is 1. The number of nitrogen functional groups attached to an aromatic ring is 1. The number of aromatic nitrogens is 1. The molecule has 136 valence electrons. The number of nitrogens with zero attached hydrogens (tertiary/aromatic N) is 1. The van der Waals surface area contributed by atoms with Crippen LogP contribution in [0.15, 0.2) is 48.5 Å². The minimum absolute atomic E-state index is 0.650. The SMILES string of the molecule is CCN(CCCc1cc2ccccc2[nH]1)C1CCc2c(N)cccc2C1. The van der Waals surface area contributed by atoms with Gasteiger partial charge in [0.15, 0.2) is 0 Å². The van der Waals surface area contributed by atoms with Gasteiger partial charge >= 0.3 is 0 Å². The lowest BCUT2D eigenvalue weighted by atomic mass is 9.86. The molecule has 1 heterocycles. The van der Waals surface area contributed by atoms with E-state index in [0.29, 0.717) is 6.04 Å². The normalized spacial score (nSPS) is 16.9. The highest BCUT2D eigenvalue weighted by molar-refractivity contribution is 5.80. The highest BCUT2D eigenvalue weighted by Gasteiger charge is 2.24. The standard InChI is InChI=1S/C23H29N3/c1-2-26(20-12-13-21-17(16-20)8-5-10-22(21)24)14-6-9-19-15-18-7-3-4-11-23(18)25-19/h3-5,7-8,10-11,15,20,25H,2,6,9,12-14,16,24H2,1H3. The zero-order chi connectivity index (χ0) is 17.9. The molecule has 3 aromatic rings. The van der Waals surface area contributed by atoms with Gasteiger partial charge in [-0.15, -0.1) is 0 Å².